The van der Waals surface area contributed by atoms with Gasteiger partial charge in [-0.2, -0.15) is 0 Å². The van der Waals surface area contributed by atoms with E-state index in [1.165, 1.54) is 19.3 Å². The number of aryl methyl sites for hydroxylation is 1. The Morgan fingerprint density at radius 1 is 1.22 bits per heavy atom. The van der Waals surface area contributed by atoms with Crippen LogP contribution in [0.1, 0.15) is 60.4 Å². The molecular weight excluding hydrogens is 342 g/mol. The van der Waals surface area contributed by atoms with Crippen LogP contribution in [0.2, 0.25) is 0 Å². The molecule has 2 aromatic rings. The molecule has 0 unspecified atom stereocenters. The minimum absolute atomic E-state index is 0.0108. The molecule has 2 heterocycles. The summed E-state index contributed by atoms with van der Waals surface area (Å²) in [6.07, 6.45) is 6.87. The second kappa shape index (κ2) is 7.77. The lowest BCUT2D eigenvalue weighted by atomic mass is 9.82. The van der Waals surface area contributed by atoms with Crippen molar-refractivity contribution in [3.63, 3.8) is 0 Å². The molecule has 1 atom stereocenters. The summed E-state index contributed by atoms with van der Waals surface area (Å²) in [5.74, 6) is 1.62. The molecular formula is C22H27NO4. The van der Waals surface area contributed by atoms with Crippen LogP contribution in [0.25, 0.3) is 0 Å². The number of hydrogen-bond acceptors (Lipinski definition) is 4. The van der Waals surface area contributed by atoms with E-state index >= 15 is 0 Å². The minimum Gasteiger partial charge on any atom is -0.486 e. The molecule has 5 heteroatoms. The quantitative estimate of drug-likeness (QED) is 0.849. The molecule has 1 aromatic carbocycles. The summed E-state index contributed by atoms with van der Waals surface area (Å²) >= 11 is 0. The number of carbonyl (C=O) groups is 1. The van der Waals surface area contributed by atoms with E-state index in [0.29, 0.717) is 24.7 Å². The number of carbonyl (C=O) groups excluding carboxylic acids is 1. The van der Waals surface area contributed by atoms with Crippen LogP contribution in [0, 0.1) is 6.92 Å². The highest BCUT2D eigenvalue weighted by Crippen LogP contribution is 2.39. The lowest BCUT2D eigenvalue weighted by Crippen LogP contribution is -2.37. The van der Waals surface area contributed by atoms with Crippen molar-refractivity contribution < 1.29 is 18.7 Å². The van der Waals surface area contributed by atoms with Crippen LogP contribution < -0.4 is 10.1 Å². The monoisotopic (exact) mass is 369 g/mol. The highest BCUT2D eigenvalue weighted by molar-refractivity contribution is 5.93. The van der Waals surface area contributed by atoms with Gasteiger partial charge in [0.05, 0.1) is 18.2 Å². The molecule has 1 saturated carbocycles. The van der Waals surface area contributed by atoms with E-state index in [4.69, 9.17) is 13.9 Å². The molecule has 0 radical (unpaired) electrons. The zero-order valence-corrected chi connectivity index (χ0v) is 15.8. The van der Waals surface area contributed by atoms with Crippen molar-refractivity contribution in [2.24, 2.45) is 0 Å². The Morgan fingerprint density at radius 2 is 2.00 bits per heavy atom. The van der Waals surface area contributed by atoms with Crippen LogP contribution in [0.3, 0.4) is 0 Å². The van der Waals surface area contributed by atoms with Crippen LogP contribution in [0.15, 0.2) is 40.8 Å². The second-order valence-corrected chi connectivity index (χ2v) is 7.76. The number of furan rings is 1. The topological polar surface area (TPSA) is 60.7 Å². The van der Waals surface area contributed by atoms with Crippen molar-refractivity contribution in [1.29, 1.82) is 0 Å². The highest BCUT2D eigenvalue weighted by atomic mass is 16.5. The van der Waals surface area contributed by atoms with Crippen molar-refractivity contribution >= 4 is 5.91 Å². The van der Waals surface area contributed by atoms with Crippen molar-refractivity contribution in [1.82, 2.24) is 5.32 Å². The molecule has 1 spiro atoms. The summed E-state index contributed by atoms with van der Waals surface area (Å²) in [6, 6.07) is 11.5. The maximum absolute atomic E-state index is 12.7. The lowest BCUT2D eigenvalue weighted by molar-refractivity contribution is -0.0246. The molecule has 4 rings (SSSR count). The molecule has 1 saturated heterocycles. The Balaban J connectivity index is 1.34. The van der Waals surface area contributed by atoms with Gasteiger partial charge in [0.25, 0.3) is 5.91 Å². The van der Waals surface area contributed by atoms with Crippen LogP contribution in [-0.4, -0.2) is 24.2 Å². The minimum atomic E-state index is -0.167. The molecule has 1 N–H and O–H groups in total. The van der Waals surface area contributed by atoms with E-state index in [0.717, 1.165) is 30.6 Å². The summed E-state index contributed by atoms with van der Waals surface area (Å²) in [4.78, 5) is 12.7. The number of benzene rings is 1. The van der Waals surface area contributed by atoms with Gasteiger partial charge in [0.2, 0.25) is 0 Å². The summed E-state index contributed by atoms with van der Waals surface area (Å²) in [6.45, 7) is 2.78. The first-order valence-corrected chi connectivity index (χ1v) is 9.86. The first kappa shape index (κ1) is 18.1. The Hall–Kier alpha value is -2.27. The molecule has 144 valence electrons. The maximum Gasteiger partial charge on any atom is 0.287 e. The van der Waals surface area contributed by atoms with E-state index < -0.39 is 0 Å². The number of hydrogen-bond donors (Lipinski definition) is 1. The number of nitrogens with one attached hydrogen (secondary N) is 1. The molecule has 27 heavy (non-hydrogen) atoms. The van der Waals surface area contributed by atoms with Gasteiger partial charge in [-0.05, 0) is 44.4 Å². The van der Waals surface area contributed by atoms with E-state index in [1.807, 2.05) is 43.3 Å². The van der Waals surface area contributed by atoms with Crippen LogP contribution in [-0.2, 0) is 11.3 Å². The predicted octanol–water partition coefficient (Wildman–Crippen LogP) is 4.39. The van der Waals surface area contributed by atoms with Gasteiger partial charge in [0.1, 0.15) is 18.1 Å². The fourth-order valence-electron chi connectivity index (χ4n) is 4.25. The Morgan fingerprint density at radius 3 is 2.78 bits per heavy atom. The van der Waals surface area contributed by atoms with Crippen molar-refractivity contribution in [2.45, 2.75) is 63.7 Å². The molecule has 1 aromatic heterocycles. The van der Waals surface area contributed by atoms with Crippen molar-refractivity contribution in [3.05, 3.63) is 53.5 Å². The Kier molecular flexibility index (Phi) is 5.21. The van der Waals surface area contributed by atoms with Crippen LogP contribution >= 0.6 is 0 Å². The highest BCUT2D eigenvalue weighted by Gasteiger charge is 2.41. The van der Waals surface area contributed by atoms with Crippen molar-refractivity contribution in [3.8, 4) is 5.75 Å². The van der Waals surface area contributed by atoms with Crippen LogP contribution in [0.4, 0.5) is 0 Å². The van der Waals surface area contributed by atoms with Gasteiger partial charge in [-0.1, -0.05) is 37.5 Å². The zero-order chi connectivity index (χ0) is 18.7. The summed E-state index contributed by atoms with van der Waals surface area (Å²) in [7, 11) is 0. The van der Waals surface area contributed by atoms with Crippen LogP contribution in [0.5, 0.6) is 5.75 Å². The number of ether oxygens (including phenoxy) is 2. The van der Waals surface area contributed by atoms with E-state index in [1.54, 1.807) is 0 Å². The SMILES string of the molecule is Cc1cc(COc2ccccc2)oc1C(=O)N[C@H]1COC2(CCCCC2)C1. The first-order chi connectivity index (χ1) is 13.1. The van der Waals surface area contributed by atoms with Gasteiger partial charge in [0.15, 0.2) is 5.76 Å². The molecule has 0 bridgehead atoms. The molecule has 5 nitrogen and oxygen atoms in total. The lowest BCUT2D eigenvalue weighted by Gasteiger charge is -2.32. The Labute approximate surface area is 160 Å². The third kappa shape index (κ3) is 4.19. The van der Waals surface area contributed by atoms with Crippen molar-refractivity contribution in [2.75, 3.05) is 6.61 Å². The summed E-state index contributed by atoms with van der Waals surface area (Å²) < 4.78 is 17.6. The van der Waals surface area contributed by atoms with Gasteiger partial charge in [-0.25, -0.2) is 0 Å². The first-order valence-electron chi connectivity index (χ1n) is 9.86. The van der Waals surface area contributed by atoms with E-state index in [-0.39, 0.29) is 17.6 Å². The molecule has 1 aliphatic heterocycles. The third-order valence-corrected chi connectivity index (χ3v) is 5.61. The summed E-state index contributed by atoms with van der Waals surface area (Å²) in [5, 5.41) is 3.10. The smallest absolute Gasteiger partial charge is 0.287 e. The predicted molar refractivity (Wildman–Crippen MR) is 102 cm³/mol. The fourth-order valence-corrected chi connectivity index (χ4v) is 4.25. The number of para-hydroxylation sites is 1. The standard InChI is InChI=1S/C22H27NO4/c1-16-12-19(15-25-18-8-4-2-5-9-18)27-20(16)21(24)23-17-13-22(26-14-17)10-6-3-7-11-22/h2,4-5,8-9,12,17H,3,6-7,10-11,13-15H2,1H3,(H,23,24)/t17-/m1/s1. The number of rotatable bonds is 5. The van der Waals surface area contributed by atoms with Gasteiger partial charge < -0.3 is 19.2 Å². The normalized spacial score (nSPS) is 21.3. The molecule has 2 fully saturated rings. The molecule has 1 aliphatic carbocycles. The third-order valence-electron chi connectivity index (χ3n) is 5.61. The second-order valence-electron chi connectivity index (χ2n) is 7.76. The van der Waals surface area contributed by atoms with E-state index in [9.17, 15) is 4.79 Å². The van der Waals surface area contributed by atoms with Gasteiger partial charge in [-0.3, -0.25) is 4.79 Å². The maximum atomic E-state index is 12.7. The molecule has 2 aliphatic rings. The average molecular weight is 369 g/mol. The summed E-state index contributed by atoms with van der Waals surface area (Å²) in [5.41, 5.74) is 0.814. The fraction of sp³-hybridized carbons (Fsp3) is 0.500. The number of amides is 1. The van der Waals surface area contributed by atoms with E-state index in [2.05, 4.69) is 5.32 Å². The zero-order valence-electron chi connectivity index (χ0n) is 15.8. The van der Waals surface area contributed by atoms with Gasteiger partial charge in [0, 0.05) is 5.56 Å². The van der Waals surface area contributed by atoms with Gasteiger partial charge in [-0.15, -0.1) is 0 Å². The Bertz CT molecular complexity index is 777. The largest absolute Gasteiger partial charge is 0.486 e. The van der Waals surface area contributed by atoms with Gasteiger partial charge >= 0.3 is 0 Å². The average Bonchev–Trinajstić information content (AvgIpc) is 3.25. The molecule has 1 amide bonds.